The lowest BCUT2D eigenvalue weighted by Crippen LogP contribution is -2.79. The van der Waals surface area contributed by atoms with Crippen molar-refractivity contribution in [2.75, 3.05) is 0 Å². The molecule has 0 amide bonds. The van der Waals surface area contributed by atoms with Crippen LogP contribution in [0.3, 0.4) is 0 Å². The number of aliphatic carboxylic acids is 1. The molecule has 0 bridgehead atoms. The van der Waals surface area contributed by atoms with E-state index >= 15 is 0 Å². The molecule has 30 heteroatoms. The zero-order chi connectivity index (χ0) is 37.7. The SMILES string of the molecule is O=C([O-])C(F)(F)C(F)(F)C(F)(F)C(F)(F)C(F)(F)C(F)(F)C(F)(F)C(F)(F)C(F)(F)C(F)(F)C(F)(F)C(F)(F)C(F)(F)C(F)F. The lowest BCUT2D eigenvalue weighted by Gasteiger charge is -2.46. The van der Waals surface area contributed by atoms with Crippen LogP contribution in [0.25, 0.3) is 0 Å². The highest BCUT2D eigenvalue weighted by Crippen LogP contribution is 2.68. The standard InChI is InChI=1S/C15H2F28O2/c16-1(17)3(18,19)5(22,23)7(26,27)9(30,31)11(34,35)13(38,39)15(42,43)14(40,41)12(36,37)10(32,33)8(28,29)6(24,25)4(20,21)2(44)45/h1H,(H,44,45)/p-1. The molecule has 0 spiro atoms. The average molecular weight is 745 g/mol. The molecule has 0 aromatic carbocycles. The quantitative estimate of drug-likeness (QED) is 0.176. The predicted molar refractivity (Wildman–Crippen MR) is 75.3 cm³/mol. The van der Waals surface area contributed by atoms with Gasteiger partial charge in [0.2, 0.25) is 0 Å². The van der Waals surface area contributed by atoms with E-state index in [2.05, 4.69) is 0 Å². The minimum atomic E-state index is -9.93. The average Bonchev–Trinajstić information content (AvgIpc) is 2.81. The first-order chi connectivity index (χ1) is 18.9. The van der Waals surface area contributed by atoms with Crippen molar-refractivity contribution in [3.05, 3.63) is 0 Å². The molecule has 0 aromatic heterocycles. The van der Waals surface area contributed by atoms with Crippen molar-refractivity contribution >= 4 is 5.97 Å². The Kier molecular flexibility index (Phi) is 9.69. The molecule has 0 aromatic rings. The first kappa shape index (κ1) is 42.5. The molecule has 0 saturated heterocycles. The number of carbonyl (C=O) groups is 1. The summed E-state index contributed by atoms with van der Waals surface area (Å²) in [6.07, 6.45) is -6.40. The van der Waals surface area contributed by atoms with Gasteiger partial charge < -0.3 is 9.90 Å². The fraction of sp³-hybridized carbons (Fsp3) is 0.933. The van der Waals surface area contributed by atoms with Crippen molar-refractivity contribution in [3.63, 3.8) is 0 Å². The highest BCUT2D eigenvalue weighted by molar-refractivity contribution is 5.75. The van der Waals surface area contributed by atoms with Gasteiger partial charge in [-0.15, -0.1) is 0 Å². The van der Waals surface area contributed by atoms with E-state index in [9.17, 15) is 133 Å². The monoisotopic (exact) mass is 745 g/mol. The second-order valence-electron chi connectivity index (χ2n) is 8.10. The predicted octanol–water partition coefficient (Wildman–Crippen LogP) is 7.26. The maximum absolute atomic E-state index is 13.6. The van der Waals surface area contributed by atoms with Crippen LogP contribution < -0.4 is 5.11 Å². The third-order valence-corrected chi connectivity index (χ3v) is 5.29. The fourth-order valence-corrected chi connectivity index (χ4v) is 2.45. The van der Waals surface area contributed by atoms with Gasteiger partial charge in [-0.3, -0.25) is 0 Å². The van der Waals surface area contributed by atoms with E-state index in [1.165, 1.54) is 0 Å². The number of hydrogen-bond acceptors (Lipinski definition) is 2. The summed E-state index contributed by atoms with van der Waals surface area (Å²) in [5.41, 5.74) is 0. The third-order valence-electron chi connectivity index (χ3n) is 5.29. The van der Waals surface area contributed by atoms with Gasteiger partial charge in [-0.1, -0.05) is 0 Å². The summed E-state index contributed by atoms with van der Waals surface area (Å²) in [6.45, 7) is 0. The number of halogens is 28. The zero-order valence-electron chi connectivity index (χ0n) is 19.0. The zero-order valence-corrected chi connectivity index (χ0v) is 19.0. The Labute approximate surface area is 223 Å². The van der Waals surface area contributed by atoms with Gasteiger partial charge in [0.25, 0.3) is 0 Å². The lowest BCUT2D eigenvalue weighted by atomic mass is 9.83. The van der Waals surface area contributed by atoms with Crippen LogP contribution in [-0.4, -0.2) is 89.4 Å². The highest BCUT2D eigenvalue weighted by Gasteiger charge is 3.00. The van der Waals surface area contributed by atoms with Crippen LogP contribution in [-0.2, 0) is 4.79 Å². The fourth-order valence-electron chi connectivity index (χ4n) is 2.45. The van der Waals surface area contributed by atoms with Crippen molar-refractivity contribution < 1.29 is 133 Å². The van der Waals surface area contributed by atoms with Gasteiger partial charge >= 0.3 is 83.4 Å². The van der Waals surface area contributed by atoms with Crippen molar-refractivity contribution in [2.24, 2.45) is 0 Å². The van der Waals surface area contributed by atoms with Crippen LogP contribution in [0.1, 0.15) is 0 Å². The van der Waals surface area contributed by atoms with E-state index in [0.29, 0.717) is 0 Å². The smallest absolute Gasteiger partial charge is 0.385 e. The Morgan fingerprint density at radius 2 is 0.489 bits per heavy atom. The molecule has 0 saturated carbocycles. The van der Waals surface area contributed by atoms with Crippen LogP contribution in [0.5, 0.6) is 0 Å². The number of carboxylic acid groups (broad SMARTS) is 1. The van der Waals surface area contributed by atoms with Gasteiger partial charge in [-0.05, 0) is 0 Å². The first-order valence-corrected chi connectivity index (χ1v) is 9.30. The second-order valence-corrected chi connectivity index (χ2v) is 8.10. The molecule has 0 N–H and O–H groups in total. The molecule has 0 radical (unpaired) electrons. The van der Waals surface area contributed by atoms with Crippen molar-refractivity contribution in [1.29, 1.82) is 0 Å². The summed E-state index contributed by atoms with van der Waals surface area (Å²) < 4.78 is 370. The first-order valence-electron chi connectivity index (χ1n) is 9.30. The molecular formula is C15HF28O2-. The number of rotatable bonds is 14. The summed E-state index contributed by atoms with van der Waals surface area (Å²) in [5.74, 6) is -126. The van der Waals surface area contributed by atoms with Gasteiger partial charge in [-0.2, -0.15) is 114 Å². The Balaban J connectivity index is 7.54. The molecule has 45 heavy (non-hydrogen) atoms. The molecule has 0 aliphatic carbocycles. The van der Waals surface area contributed by atoms with E-state index in [4.69, 9.17) is 0 Å². The number of carbonyl (C=O) groups excluding carboxylic acids is 1. The molecule has 2 nitrogen and oxygen atoms in total. The van der Waals surface area contributed by atoms with Crippen LogP contribution in [0.2, 0.25) is 0 Å². The van der Waals surface area contributed by atoms with E-state index < -0.39 is 89.4 Å². The largest absolute Gasteiger partial charge is 0.544 e. The maximum atomic E-state index is 13.6. The van der Waals surface area contributed by atoms with Crippen molar-refractivity contribution in [3.8, 4) is 0 Å². The van der Waals surface area contributed by atoms with E-state index in [1.807, 2.05) is 0 Å². The normalized spacial score (nSPS) is 16.8. The molecule has 0 unspecified atom stereocenters. The molecule has 0 atom stereocenters. The van der Waals surface area contributed by atoms with Crippen molar-refractivity contribution in [1.82, 2.24) is 0 Å². The highest BCUT2D eigenvalue weighted by atomic mass is 19.4. The third kappa shape index (κ3) is 4.69. The summed E-state index contributed by atoms with van der Waals surface area (Å²) in [6, 6.07) is 0. The lowest BCUT2D eigenvalue weighted by molar-refractivity contribution is -0.483. The Morgan fingerprint density at radius 3 is 0.644 bits per heavy atom. The summed E-state index contributed by atoms with van der Waals surface area (Å²) in [7, 11) is 0. The van der Waals surface area contributed by atoms with Crippen LogP contribution in [0, 0.1) is 0 Å². The second kappa shape index (κ2) is 10.3. The number of carboxylic acids is 1. The maximum Gasteiger partial charge on any atom is 0.385 e. The summed E-state index contributed by atoms with van der Waals surface area (Å²) >= 11 is 0. The molecule has 270 valence electrons. The van der Waals surface area contributed by atoms with Gasteiger partial charge in [0, 0.05) is 0 Å². The van der Waals surface area contributed by atoms with E-state index in [0.717, 1.165) is 0 Å². The molecule has 0 rings (SSSR count). The van der Waals surface area contributed by atoms with Crippen molar-refractivity contribution in [2.45, 2.75) is 83.4 Å². The van der Waals surface area contributed by atoms with E-state index in [-0.39, 0.29) is 0 Å². The van der Waals surface area contributed by atoms with Gasteiger partial charge in [0.1, 0.15) is 5.97 Å². The Morgan fingerprint density at radius 1 is 0.333 bits per heavy atom. The Bertz CT molecular complexity index is 1110. The topological polar surface area (TPSA) is 40.1 Å². The molecule has 0 aliphatic rings. The number of alkyl halides is 28. The van der Waals surface area contributed by atoms with E-state index in [1.54, 1.807) is 0 Å². The Hall–Kier alpha value is -2.49. The van der Waals surface area contributed by atoms with Gasteiger partial charge in [-0.25, -0.2) is 8.78 Å². The summed E-state index contributed by atoms with van der Waals surface area (Å²) in [5, 5.41) is 9.80. The molecule has 0 fully saturated rings. The molecular weight excluding hydrogens is 744 g/mol. The van der Waals surface area contributed by atoms with Crippen LogP contribution in [0.15, 0.2) is 0 Å². The summed E-state index contributed by atoms with van der Waals surface area (Å²) in [4.78, 5) is 9.80. The van der Waals surface area contributed by atoms with Crippen LogP contribution >= 0.6 is 0 Å². The van der Waals surface area contributed by atoms with Gasteiger partial charge in [0.15, 0.2) is 0 Å². The molecule has 0 heterocycles. The number of hydrogen-bond donors (Lipinski definition) is 0. The molecule has 0 aliphatic heterocycles. The minimum absolute atomic E-state index is 4.99. The van der Waals surface area contributed by atoms with Crippen LogP contribution in [0.4, 0.5) is 123 Å². The van der Waals surface area contributed by atoms with Gasteiger partial charge in [0.05, 0.1) is 0 Å². The minimum Gasteiger partial charge on any atom is -0.544 e.